The van der Waals surface area contributed by atoms with Gasteiger partial charge in [0.15, 0.2) is 11.5 Å². The van der Waals surface area contributed by atoms with E-state index < -0.39 is 0 Å². The summed E-state index contributed by atoms with van der Waals surface area (Å²) in [5, 5.41) is 0. The Kier molecular flexibility index (Phi) is 8.39. The third kappa shape index (κ3) is 5.74. The number of carbonyl (C=O) groups excluding carboxylic acids is 1. The monoisotopic (exact) mass is 439 g/mol. The number of hydrogen-bond donors (Lipinski definition) is 0. The predicted molar refractivity (Wildman–Crippen MR) is 130 cm³/mol. The lowest BCUT2D eigenvalue weighted by molar-refractivity contribution is -0.124. The quantitative estimate of drug-likeness (QED) is 0.662. The van der Waals surface area contributed by atoms with Crippen molar-refractivity contribution in [1.29, 1.82) is 0 Å². The minimum absolute atomic E-state index is 0.0105. The summed E-state index contributed by atoms with van der Waals surface area (Å²) in [5.74, 6) is 1.49. The Hall–Kier alpha value is -2.73. The molecular weight excluding hydrogens is 402 g/mol. The van der Waals surface area contributed by atoms with E-state index in [4.69, 9.17) is 9.47 Å². The molecule has 3 heterocycles. The van der Waals surface area contributed by atoms with E-state index in [2.05, 4.69) is 29.0 Å². The molecule has 4 rings (SSSR count). The Morgan fingerprint density at radius 1 is 1.06 bits per heavy atom. The number of amides is 1. The third-order valence-corrected chi connectivity index (χ3v) is 5.93. The first-order valence-electron chi connectivity index (χ1n) is 11.8. The van der Waals surface area contributed by atoms with Gasteiger partial charge in [-0.3, -0.25) is 4.79 Å². The molecule has 6 nitrogen and oxygen atoms in total. The van der Waals surface area contributed by atoms with Crippen LogP contribution < -0.4 is 9.47 Å². The summed E-state index contributed by atoms with van der Waals surface area (Å²) in [5.41, 5.74) is 2.99. The molecule has 0 bridgehead atoms. The standard InChI is InChI=1S/C24H31N3O3.C2H6/c1-18(20-6-8-22-23(16-20)30-14-13-29-22)15-24(28)27-17-21(7-5-19(27)2)26-10-4-9-25(3)11-12-26;1-2/h5-8,15-17,19H,4,9-14H2,1-3H3;1-2H3/b18-15+;. The van der Waals surface area contributed by atoms with Crippen molar-refractivity contribution in [3.05, 3.63) is 53.9 Å². The molecule has 174 valence electrons. The molecule has 1 aromatic rings. The van der Waals surface area contributed by atoms with Gasteiger partial charge in [0.2, 0.25) is 0 Å². The van der Waals surface area contributed by atoms with Crippen molar-refractivity contribution < 1.29 is 14.3 Å². The first kappa shape index (κ1) is 23.9. The topological polar surface area (TPSA) is 45.3 Å². The van der Waals surface area contributed by atoms with Gasteiger partial charge in [-0.15, -0.1) is 0 Å². The van der Waals surface area contributed by atoms with Gasteiger partial charge in [-0.2, -0.15) is 0 Å². The van der Waals surface area contributed by atoms with Gasteiger partial charge in [-0.25, -0.2) is 0 Å². The lowest BCUT2D eigenvalue weighted by atomic mass is 10.1. The van der Waals surface area contributed by atoms with Crippen LogP contribution in [-0.4, -0.2) is 73.1 Å². The van der Waals surface area contributed by atoms with Crippen LogP contribution in [-0.2, 0) is 4.79 Å². The SMILES string of the molecule is C/C(=C\C(=O)N1C=C(N2CCCN(C)CC2)C=CC1C)c1ccc2c(c1)OCCO2.CC. The van der Waals surface area contributed by atoms with Gasteiger partial charge in [0.05, 0.1) is 11.7 Å². The van der Waals surface area contributed by atoms with Gasteiger partial charge in [-0.05, 0) is 63.2 Å². The van der Waals surface area contributed by atoms with Crippen LogP contribution in [0.2, 0.25) is 0 Å². The molecule has 0 radical (unpaired) electrons. The van der Waals surface area contributed by atoms with Gasteiger partial charge in [-0.1, -0.05) is 26.0 Å². The zero-order valence-corrected chi connectivity index (χ0v) is 20.1. The number of benzene rings is 1. The summed E-state index contributed by atoms with van der Waals surface area (Å²) in [6.07, 6.45) is 9.11. The number of likely N-dealkylation sites (N-methyl/N-ethyl adjacent to an activating group) is 1. The Morgan fingerprint density at radius 2 is 1.81 bits per heavy atom. The first-order chi connectivity index (χ1) is 15.5. The van der Waals surface area contributed by atoms with Gasteiger partial charge in [0.25, 0.3) is 5.91 Å². The Labute approximate surface area is 192 Å². The van der Waals surface area contributed by atoms with Crippen molar-refractivity contribution in [1.82, 2.24) is 14.7 Å². The number of carbonyl (C=O) groups is 1. The van der Waals surface area contributed by atoms with Crippen LogP contribution >= 0.6 is 0 Å². The van der Waals surface area contributed by atoms with Crippen LogP contribution in [0.5, 0.6) is 11.5 Å². The average molecular weight is 440 g/mol. The number of ether oxygens (including phenoxy) is 2. The largest absolute Gasteiger partial charge is 0.486 e. The number of rotatable bonds is 3. The summed E-state index contributed by atoms with van der Waals surface area (Å²) in [7, 11) is 2.16. The fourth-order valence-corrected chi connectivity index (χ4v) is 4.02. The van der Waals surface area contributed by atoms with Gasteiger partial charge in [0, 0.05) is 31.9 Å². The normalized spacial score (nSPS) is 21.3. The van der Waals surface area contributed by atoms with Crippen LogP contribution in [0.25, 0.3) is 5.57 Å². The fraction of sp³-hybridized carbons (Fsp3) is 0.500. The second-order valence-corrected chi connectivity index (χ2v) is 8.23. The van der Waals surface area contributed by atoms with Gasteiger partial charge < -0.3 is 24.2 Å². The van der Waals surface area contributed by atoms with Crippen molar-refractivity contribution in [2.75, 3.05) is 46.4 Å². The van der Waals surface area contributed by atoms with Crippen LogP contribution in [0.15, 0.2) is 48.3 Å². The summed E-state index contributed by atoms with van der Waals surface area (Å²) in [4.78, 5) is 19.7. The zero-order chi connectivity index (χ0) is 23.1. The summed E-state index contributed by atoms with van der Waals surface area (Å²) >= 11 is 0. The summed E-state index contributed by atoms with van der Waals surface area (Å²) < 4.78 is 11.3. The Balaban J connectivity index is 0.00000141. The van der Waals surface area contributed by atoms with Crippen molar-refractivity contribution in [2.24, 2.45) is 0 Å². The van der Waals surface area contributed by atoms with Crippen LogP contribution in [0.1, 0.15) is 39.7 Å². The van der Waals surface area contributed by atoms with E-state index in [1.165, 1.54) is 0 Å². The van der Waals surface area contributed by atoms with Gasteiger partial charge >= 0.3 is 0 Å². The van der Waals surface area contributed by atoms with Crippen LogP contribution in [0.4, 0.5) is 0 Å². The molecule has 0 saturated carbocycles. The molecule has 0 N–H and O–H groups in total. The van der Waals surface area contributed by atoms with E-state index in [0.717, 1.165) is 60.9 Å². The Bertz CT molecular complexity index is 890. The van der Waals surface area contributed by atoms with Crippen molar-refractivity contribution in [3.8, 4) is 11.5 Å². The van der Waals surface area contributed by atoms with Crippen molar-refractivity contribution in [3.63, 3.8) is 0 Å². The van der Waals surface area contributed by atoms with Crippen molar-refractivity contribution >= 4 is 11.5 Å². The maximum absolute atomic E-state index is 13.1. The third-order valence-electron chi connectivity index (χ3n) is 5.93. The van der Waals surface area contributed by atoms with E-state index in [1.807, 2.05) is 57.0 Å². The van der Waals surface area contributed by atoms with E-state index in [9.17, 15) is 4.79 Å². The molecular formula is C26H37N3O3. The fourth-order valence-electron chi connectivity index (χ4n) is 4.02. The maximum Gasteiger partial charge on any atom is 0.251 e. The minimum Gasteiger partial charge on any atom is -0.486 e. The Morgan fingerprint density at radius 3 is 2.59 bits per heavy atom. The van der Waals surface area contributed by atoms with Crippen molar-refractivity contribution in [2.45, 2.75) is 40.2 Å². The first-order valence-corrected chi connectivity index (χ1v) is 11.8. The predicted octanol–water partition coefficient (Wildman–Crippen LogP) is 4.15. The molecule has 0 aliphatic carbocycles. The summed E-state index contributed by atoms with van der Waals surface area (Å²) in [6.45, 7) is 13.3. The van der Waals surface area contributed by atoms with Gasteiger partial charge in [0.1, 0.15) is 13.2 Å². The maximum atomic E-state index is 13.1. The molecule has 1 amide bonds. The lowest BCUT2D eigenvalue weighted by Crippen LogP contribution is -2.37. The molecule has 0 spiro atoms. The van der Waals surface area contributed by atoms with E-state index >= 15 is 0 Å². The highest BCUT2D eigenvalue weighted by Crippen LogP contribution is 2.33. The average Bonchev–Trinajstić information content (AvgIpc) is 3.04. The van der Waals surface area contributed by atoms with E-state index in [-0.39, 0.29) is 11.9 Å². The highest BCUT2D eigenvalue weighted by molar-refractivity contribution is 5.96. The minimum atomic E-state index is -0.0105. The van der Waals surface area contributed by atoms with Crippen LogP contribution in [0, 0.1) is 0 Å². The van der Waals surface area contributed by atoms with Crippen LogP contribution in [0.3, 0.4) is 0 Å². The summed E-state index contributed by atoms with van der Waals surface area (Å²) in [6, 6.07) is 5.86. The number of hydrogen-bond acceptors (Lipinski definition) is 5. The zero-order valence-electron chi connectivity index (χ0n) is 20.1. The molecule has 1 saturated heterocycles. The molecule has 6 heteroatoms. The molecule has 32 heavy (non-hydrogen) atoms. The number of allylic oxidation sites excluding steroid dienone is 2. The smallest absolute Gasteiger partial charge is 0.251 e. The molecule has 1 atom stereocenters. The number of nitrogens with zero attached hydrogens (tertiary/aromatic N) is 3. The second-order valence-electron chi connectivity index (χ2n) is 8.23. The number of fused-ring (bicyclic) bond motifs is 1. The van der Waals surface area contributed by atoms with E-state index in [1.54, 1.807) is 6.08 Å². The second kappa shape index (κ2) is 11.2. The lowest BCUT2D eigenvalue weighted by Gasteiger charge is -2.32. The molecule has 3 aliphatic rings. The molecule has 3 aliphatic heterocycles. The molecule has 1 fully saturated rings. The molecule has 0 aromatic heterocycles. The highest BCUT2D eigenvalue weighted by atomic mass is 16.6. The molecule has 1 aromatic carbocycles. The highest BCUT2D eigenvalue weighted by Gasteiger charge is 2.22. The van der Waals surface area contributed by atoms with E-state index in [0.29, 0.717) is 13.2 Å². The molecule has 1 unspecified atom stereocenters.